The second-order valence-electron chi connectivity index (χ2n) is 3.22. The maximum Gasteiger partial charge on any atom is 0.421 e. The lowest BCUT2D eigenvalue weighted by Crippen LogP contribution is -2.41. The molecule has 0 aliphatic carbocycles. The van der Waals surface area contributed by atoms with Gasteiger partial charge in [-0.05, 0) is 24.1 Å². The van der Waals surface area contributed by atoms with Crippen LogP contribution in [0.2, 0.25) is 0 Å². The van der Waals surface area contributed by atoms with Crippen molar-refractivity contribution in [1.29, 1.82) is 0 Å². The van der Waals surface area contributed by atoms with Crippen LogP contribution in [-0.4, -0.2) is 11.3 Å². The summed E-state index contributed by atoms with van der Waals surface area (Å²) in [6, 6.07) is 5.48. The summed E-state index contributed by atoms with van der Waals surface area (Å²) in [6.07, 6.45) is -5.06. The van der Waals surface area contributed by atoms with Crippen LogP contribution in [0.1, 0.15) is 18.9 Å². The lowest BCUT2D eigenvalue weighted by Gasteiger charge is -2.29. The van der Waals surface area contributed by atoms with E-state index >= 15 is 0 Å². The van der Waals surface area contributed by atoms with E-state index in [0.717, 1.165) is 0 Å². The molecule has 0 saturated carbocycles. The summed E-state index contributed by atoms with van der Waals surface area (Å²) in [5, 5.41) is 9.58. The van der Waals surface area contributed by atoms with Gasteiger partial charge in [0.1, 0.15) is 0 Å². The summed E-state index contributed by atoms with van der Waals surface area (Å²) < 4.78 is 38.6. The van der Waals surface area contributed by atoms with E-state index in [4.69, 9.17) is 0 Å². The Labute approximate surface area is 94.0 Å². The number of hydrogen-bond donors (Lipinski definition) is 1. The van der Waals surface area contributed by atoms with Crippen LogP contribution in [0.15, 0.2) is 28.7 Å². The van der Waals surface area contributed by atoms with E-state index in [1.54, 1.807) is 0 Å². The standard InChI is InChI=1S/C10H10BrF3O/c1-2-9(15,10(12,13)14)7-3-5-8(11)6-4-7/h3-6,15H,2H2,1H3/t9-/m1/s1. The molecule has 0 saturated heterocycles. The van der Waals surface area contributed by atoms with Gasteiger partial charge >= 0.3 is 6.18 Å². The van der Waals surface area contributed by atoms with E-state index in [1.807, 2.05) is 0 Å². The SMILES string of the molecule is CC[C@@](O)(c1ccc(Br)cc1)C(F)(F)F. The molecule has 0 amide bonds. The molecule has 1 atom stereocenters. The van der Waals surface area contributed by atoms with Crippen molar-refractivity contribution in [3.8, 4) is 0 Å². The molecule has 0 aromatic heterocycles. The summed E-state index contributed by atoms with van der Waals surface area (Å²) in [4.78, 5) is 0. The minimum Gasteiger partial charge on any atom is -0.376 e. The van der Waals surface area contributed by atoms with Crippen LogP contribution in [0.3, 0.4) is 0 Å². The molecule has 1 nitrogen and oxygen atoms in total. The predicted octanol–water partition coefficient (Wildman–Crippen LogP) is 3.61. The van der Waals surface area contributed by atoms with Crippen LogP contribution >= 0.6 is 15.9 Å². The monoisotopic (exact) mass is 282 g/mol. The lowest BCUT2D eigenvalue weighted by atomic mass is 9.90. The number of halogens is 4. The van der Waals surface area contributed by atoms with E-state index in [0.29, 0.717) is 4.47 Å². The maximum atomic E-state index is 12.6. The zero-order valence-electron chi connectivity index (χ0n) is 7.98. The van der Waals surface area contributed by atoms with Gasteiger partial charge in [0.15, 0.2) is 5.60 Å². The smallest absolute Gasteiger partial charge is 0.376 e. The molecule has 0 radical (unpaired) electrons. The molecule has 0 aliphatic rings. The van der Waals surface area contributed by atoms with Crippen molar-refractivity contribution in [3.05, 3.63) is 34.3 Å². The van der Waals surface area contributed by atoms with Gasteiger partial charge < -0.3 is 5.11 Å². The molecule has 0 bridgehead atoms. The average Bonchev–Trinajstić information content (AvgIpc) is 2.16. The summed E-state index contributed by atoms with van der Waals surface area (Å²) in [6.45, 7) is 1.30. The highest BCUT2D eigenvalue weighted by atomic mass is 79.9. The highest BCUT2D eigenvalue weighted by Gasteiger charge is 2.53. The minimum absolute atomic E-state index is 0.138. The van der Waals surface area contributed by atoms with E-state index in [2.05, 4.69) is 15.9 Å². The first kappa shape index (κ1) is 12.5. The molecule has 1 rings (SSSR count). The number of alkyl halides is 3. The van der Waals surface area contributed by atoms with E-state index in [9.17, 15) is 18.3 Å². The molecule has 0 heterocycles. The third-order valence-corrected chi connectivity index (χ3v) is 2.83. The Kier molecular flexibility index (Phi) is 3.45. The molecule has 84 valence electrons. The van der Waals surface area contributed by atoms with Crippen molar-refractivity contribution in [2.24, 2.45) is 0 Å². The van der Waals surface area contributed by atoms with Crippen molar-refractivity contribution >= 4 is 15.9 Å². The van der Waals surface area contributed by atoms with Crippen LogP contribution in [0, 0.1) is 0 Å². The third-order valence-electron chi connectivity index (χ3n) is 2.30. The van der Waals surface area contributed by atoms with Crippen LogP contribution in [0.4, 0.5) is 13.2 Å². The fourth-order valence-corrected chi connectivity index (χ4v) is 1.56. The topological polar surface area (TPSA) is 20.2 Å². The summed E-state index contributed by atoms with van der Waals surface area (Å²) in [5.74, 6) is 0. The molecule has 1 N–H and O–H groups in total. The highest BCUT2D eigenvalue weighted by Crippen LogP contribution is 2.41. The lowest BCUT2D eigenvalue weighted by molar-refractivity contribution is -0.267. The van der Waals surface area contributed by atoms with Crippen LogP contribution in [0.25, 0.3) is 0 Å². The first-order valence-electron chi connectivity index (χ1n) is 4.36. The highest BCUT2D eigenvalue weighted by molar-refractivity contribution is 9.10. The summed E-state index contributed by atoms with van der Waals surface area (Å²) in [7, 11) is 0. The van der Waals surface area contributed by atoms with Crippen LogP contribution < -0.4 is 0 Å². The first-order chi connectivity index (χ1) is 6.81. The van der Waals surface area contributed by atoms with E-state index in [1.165, 1.54) is 31.2 Å². The second-order valence-corrected chi connectivity index (χ2v) is 4.13. The number of rotatable bonds is 2. The van der Waals surface area contributed by atoms with Crippen molar-refractivity contribution in [3.63, 3.8) is 0 Å². The molecule has 0 aliphatic heterocycles. The third kappa shape index (κ3) is 2.34. The van der Waals surface area contributed by atoms with E-state index < -0.39 is 18.2 Å². The molecule has 5 heteroatoms. The number of aliphatic hydroxyl groups is 1. The van der Waals surface area contributed by atoms with Gasteiger partial charge in [0.05, 0.1) is 0 Å². The molecule has 0 unspecified atom stereocenters. The number of benzene rings is 1. The molecular formula is C10H10BrF3O. The Balaban J connectivity index is 3.18. The molecule has 1 aromatic carbocycles. The van der Waals surface area contributed by atoms with Gasteiger partial charge in [-0.2, -0.15) is 13.2 Å². The van der Waals surface area contributed by atoms with Gasteiger partial charge in [-0.15, -0.1) is 0 Å². The fourth-order valence-electron chi connectivity index (χ4n) is 1.29. The first-order valence-corrected chi connectivity index (χ1v) is 5.15. The zero-order valence-corrected chi connectivity index (χ0v) is 9.56. The average molecular weight is 283 g/mol. The van der Waals surface area contributed by atoms with Crippen LogP contribution in [0.5, 0.6) is 0 Å². The van der Waals surface area contributed by atoms with Crippen molar-refractivity contribution in [2.45, 2.75) is 25.1 Å². The molecule has 1 aromatic rings. The fraction of sp³-hybridized carbons (Fsp3) is 0.400. The summed E-state index contributed by atoms with van der Waals surface area (Å²) >= 11 is 3.12. The Morgan fingerprint density at radius 2 is 1.67 bits per heavy atom. The van der Waals surface area contributed by atoms with Crippen LogP contribution in [-0.2, 0) is 5.60 Å². The molecule has 0 fully saturated rings. The maximum absolute atomic E-state index is 12.6. The Morgan fingerprint density at radius 3 is 2.00 bits per heavy atom. The summed E-state index contributed by atoms with van der Waals surface area (Å²) in [5.41, 5.74) is -2.89. The Hall–Kier alpha value is -0.550. The van der Waals surface area contributed by atoms with Crippen molar-refractivity contribution in [1.82, 2.24) is 0 Å². The molecular weight excluding hydrogens is 273 g/mol. The van der Waals surface area contributed by atoms with Gasteiger partial charge in [-0.3, -0.25) is 0 Å². The van der Waals surface area contributed by atoms with Gasteiger partial charge in [-0.1, -0.05) is 35.0 Å². The van der Waals surface area contributed by atoms with Crippen molar-refractivity contribution in [2.75, 3.05) is 0 Å². The van der Waals surface area contributed by atoms with Gasteiger partial charge in [0.2, 0.25) is 0 Å². The quantitative estimate of drug-likeness (QED) is 0.879. The number of hydrogen-bond acceptors (Lipinski definition) is 1. The Morgan fingerprint density at radius 1 is 1.20 bits per heavy atom. The normalized spacial score (nSPS) is 16.1. The minimum atomic E-state index is -4.66. The second kappa shape index (κ2) is 4.14. The largest absolute Gasteiger partial charge is 0.421 e. The van der Waals surface area contributed by atoms with E-state index in [-0.39, 0.29) is 5.56 Å². The van der Waals surface area contributed by atoms with Crippen molar-refractivity contribution < 1.29 is 18.3 Å². The molecule has 15 heavy (non-hydrogen) atoms. The zero-order chi connectivity index (χ0) is 11.7. The molecule has 0 spiro atoms. The van der Waals surface area contributed by atoms with Gasteiger partial charge in [0.25, 0.3) is 0 Å². The Bertz CT molecular complexity index is 334. The van der Waals surface area contributed by atoms with Gasteiger partial charge in [0, 0.05) is 4.47 Å². The van der Waals surface area contributed by atoms with Gasteiger partial charge in [-0.25, -0.2) is 0 Å². The predicted molar refractivity (Wildman–Crippen MR) is 54.4 cm³/mol.